The Bertz CT molecular complexity index is 1760. The summed E-state index contributed by atoms with van der Waals surface area (Å²) >= 11 is 0. The number of hydrogen-bond donors (Lipinski definition) is 0. The number of esters is 1. The second-order valence-electron chi connectivity index (χ2n) is 11.7. The molecule has 2 aromatic heterocycles. The molecule has 3 aromatic carbocycles. The first-order valence-corrected chi connectivity index (χ1v) is 14.0. The van der Waals surface area contributed by atoms with E-state index in [1.165, 1.54) is 0 Å². The summed E-state index contributed by atoms with van der Waals surface area (Å²) < 4.78 is 11.1. The van der Waals surface area contributed by atoms with Crippen molar-refractivity contribution in [3.8, 4) is 16.8 Å². The lowest BCUT2D eigenvalue weighted by Gasteiger charge is -2.20. The van der Waals surface area contributed by atoms with Gasteiger partial charge in [-0.3, -0.25) is 14.0 Å². The molecule has 3 heterocycles. The van der Waals surface area contributed by atoms with Crippen molar-refractivity contribution in [2.45, 2.75) is 45.4 Å². The van der Waals surface area contributed by atoms with Crippen molar-refractivity contribution in [2.75, 3.05) is 13.1 Å². The van der Waals surface area contributed by atoms with Gasteiger partial charge in [-0.25, -0.2) is 14.6 Å². The number of carbonyl (C=O) groups excluding carboxylic acids is 1. The van der Waals surface area contributed by atoms with Crippen LogP contribution in [0.2, 0.25) is 0 Å². The second-order valence-corrected chi connectivity index (χ2v) is 11.7. The largest absolute Gasteiger partial charge is 0.455 e. The van der Waals surface area contributed by atoms with E-state index in [0.717, 1.165) is 53.2 Å². The molecule has 0 bridgehead atoms. The lowest BCUT2D eigenvalue weighted by atomic mass is 10.1. The Morgan fingerprint density at radius 1 is 0.927 bits per heavy atom. The highest BCUT2D eigenvalue weighted by Gasteiger charge is 2.30. The third-order valence-corrected chi connectivity index (χ3v) is 7.68. The van der Waals surface area contributed by atoms with E-state index in [1.54, 1.807) is 10.8 Å². The molecular weight excluding hydrogens is 514 g/mol. The summed E-state index contributed by atoms with van der Waals surface area (Å²) in [5.74, 6) is 0.411. The van der Waals surface area contributed by atoms with Gasteiger partial charge in [0.2, 0.25) is 0 Å². The van der Waals surface area contributed by atoms with Gasteiger partial charge in [0.15, 0.2) is 0 Å². The molecule has 1 saturated heterocycles. The Morgan fingerprint density at radius 2 is 1.59 bits per heavy atom. The van der Waals surface area contributed by atoms with Crippen LogP contribution in [0.4, 0.5) is 0 Å². The Kier molecular flexibility index (Phi) is 6.87. The highest BCUT2D eigenvalue weighted by Crippen LogP contribution is 2.28. The van der Waals surface area contributed by atoms with Crippen molar-refractivity contribution in [3.63, 3.8) is 0 Å². The Hall–Kier alpha value is -4.43. The molecule has 1 aliphatic rings. The van der Waals surface area contributed by atoms with Gasteiger partial charge in [-0.05, 0) is 62.6 Å². The smallest absolute Gasteiger partial charge is 0.357 e. The average Bonchev–Trinajstić information content (AvgIpc) is 3.64. The predicted molar refractivity (Wildman–Crippen MR) is 160 cm³/mol. The average molecular weight is 550 g/mol. The van der Waals surface area contributed by atoms with E-state index in [2.05, 4.69) is 34.1 Å². The first-order valence-electron chi connectivity index (χ1n) is 14.0. The summed E-state index contributed by atoms with van der Waals surface area (Å²) in [6.07, 6.45) is 2.43. The number of para-hydroxylation sites is 2. The van der Waals surface area contributed by atoms with Crippen LogP contribution in [0.3, 0.4) is 0 Å². The minimum Gasteiger partial charge on any atom is -0.455 e. The van der Waals surface area contributed by atoms with E-state index in [1.807, 2.05) is 91.6 Å². The lowest BCUT2D eigenvalue weighted by Crippen LogP contribution is -2.29. The van der Waals surface area contributed by atoms with Crippen molar-refractivity contribution >= 4 is 17.0 Å². The Morgan fingerprint density at radius 3 is 2.29 bits per heavy atom. The second kappa shape index (κ2) is 10.5. The van der Waals surface area contributed by atoms with Gasteiger partial charge >= 0.3 is 11.7 Å². The van der Waals surface area contributed by atoms with Gasteiger partial charge in [0.1, 0.15) is 17.1 Å². The zero-order chi connectivity index (χ0) is 28.7. The fraction of sp³-hybridized carbons (Fsp3) is 0.303. The molecule has 0 unspecified atom stereocenters. The molecule has 8 heteroatoms. The molecule has 1 atom stereocenters. The van der Waals surface area contributed by atoms with Crippen LogP contribution in [0.1, 0.15) is 49.5 Å². The van der Waals surface area contributed by atoms with E-state index in [0.29, 0.717) is 12.2 Å². The molecule has 0 amide bonds. The molecule has 41 heavy (non-hydrogen) atoms. The van der Waals surface area contributed by atoms with E-state index in [4.69, 9.17) is 4.74 Å². The number of nitrogens with zero attached hydrogens (tertiary/aromatic N) is 5. The third-order valence-electron chi connectivity index (χ3n) is 7.68. The number of imidazole rings is 2. The lowest BCUT2D eigenvalue weighted by molar-refractivity contribution is 0.00584. The molecule has 0 spiro atoms. The monoisotopic (exact) mass is 549 g/mol. The molecule has 0 N–H and O–H groups in total. The molecule has 1 aliphatic heterocycles. The number of likely N-dealkylation sites (tertiary alicyclic amines) is 1. The molecule has 1 fully saturated rings. The number of aromatic nitrogens is 4. The molecule has 210 valence electrons. The van der Waals surface area contributed by atoms with E-state index >= 15 is 0 Å². The number of rotatable bonds is 6. The normalized spacial score (nSPS) is 16.0. The van der Waals surface area contributed by atoms with Crippen LogP contribution in [0, 0.1) is 0 Å². The number of fused-ring (bicyclic) bond motifs is 1. The first kappa shape index (κ1) is 26.8. The van der Waals surface area contributed by atoms with Crippen molar-refractivity contribution in [3.05, 3.63) is 107 Å². The van der Waals surface area contributed by atoms with Gasteiger partial charge in [0, 0.05) is 20.1 Å². The summed E-state index contributed by atoms with van der Waals surface area (Å²) in [7, 11) is 1.84. The van der Waals surface area contributed by atoms with Crippen LogP contribution < -0.4 is 5.69 Å². The zero-order valence-electron chi connectivity index (χ0n) is 23.9. The van der Waals surface area contributed by atoms with Crippen molar-refractivity contribution in [1.82, 2.24) is 23.6 Å². The van der Waals surface area contributed by atoms with Crippen LogP contribution >= 0.6 is 0 Å². The number of hydrogen-bond acceptors (Lipinski definition) is 5. The minimum atomic E-state index is -0.569. The Labute approximate surface area is 239 Å². The van der Waals surface area contributed by atoms with Crippen molar-refractivity contribution < 1.29 is 9.53 Å². The van der Waals surface area contributed by atoms with Crippen molar-refractivity contribution in [2.24, 2.45) is 7.05 Å². The van der Waals surface area contributed by atoms with Crippen LogP contribution in [0.25, 0.3) is 27.8 Å². The number of carbonyl (C=O) groups is 1. The Balaban J connectivity index is 1.25. The van der Waals surface area contributed by atoms with Gasteiger partial charge < -0.3 is 9.30 Å². The van der Waals surface area contributed by atoms with Gasteiger partial charge in [0.25, 0.3) is 0 Å². The van der Waals surface area contributed by atoms with E-state index in [-0.39, 0.29) is 17.7 Å². The van der Waals surface area contributed by atoms with Gasteiger partial charge in [-0.2, -0.15) is 0 Å². The van der Waals surface area contributed by atoms with Crippen LogP contribution in [0.5, 0.6) is 0 Å². The highest BCUT2D eigenvalue weighted by molar-refractivity contribution is 5.87. The maximum absolute atomic E-state index is 14.0. The SMILES string of the molecule is Cn1c(C(=O)OC(C)(C)C)cnc1CN1CC[C@H](n2c(=O)n(-c3ccc(-c4ccccc4)cc3)c3ccccc32)C1. The summed E-state index contributed by atoms with van der Waals surface area (Å²) in [6, 6.07) is 26.4. The van der Waals surface area contributed by atoms with E-state index < -0.39 is 5.60 Å². The molecule has 8 nitrogen and oxygen atoms in total. The summed E-state index contributed by atoms with van der Waals surface area (Å²) in [5, 5.41) is 0. The standard InChI is InChI=1S/C33H35N5O3/c1-33(2,3)41-31(39)29-20-34-30(35(29)4)22-36-19-18-26(21-36)38-28-13-9-8-12-27(28)37(32(38)40)25-16-14-24(15-17-25)23-10-6-5-7-11-23/h5-17,20,26H,18-19,21-22H2,1-4H3/t26-/m0/s1. The van der Waals surface area contributed by atoms with Crippen LogP contribution in [0.15, 0.2) is 89.9 Å². The highest BCUT2D eigenvalue weighted by atomic mass is 16.6. The van der Waals surface area contributed by atoms with E-state index in [9.17, 15) is 9.59 Å². The number of benzene rings is 3. The fourth-order valence-corrected chi connectivity index (χ4v) is 5.69. The molecule has 5 aromatic rings. The summed E-state index contributed by atoms with van der Waals surface area (Å²) in [5.41, 5.74) is 4.77. The van der Waals surface area contributed by atoms with Crippen LogP contribution in [-0.4, -0.2) is 48.2 Å². The molecule has 6 rings (SSSR count). The summed E-state index contributed by atoms with van der Waals surface area (Å²) in [6.45, 7) is 7.69. The molecule has 0 radical (unpaired) electrons. The molecule has 0 saturated carbocycles. The maximum Gasteiger partial charge on any atom is 0.357 e. The maximum atomic E-state index is 14.0. The summed E-state index contributed by atoms with van der Waals surface area (Å²) in [4.78, 5) is 33.4. The van der Waals surface area contributed by atoms with Crippen LogP contribution in [-0.2, 0) is 18.3 Å². The molecular formula is C33H35N5O3. The van der Waals surface area contributed by atoms with Crippen molar-refractivity contribution in [1.29, 1.82) is 0 Å². The number of ether oxygens (including phenoxy) is 1. The van der Waals surface area contributed by atoms with Gasteiger partial charge in [0.05, 0.1) is 35.5 Å². The van der Waals surface area contributed by atoms with Gasteiger partial charge in [-0.15, -0.1) is 0 Å². The predicted octanol–water partition coefficient (Wildman–Crippen LogP) is 5.60. The minimum absolute atomic E-state index is 0.0304. The first-order chi connectivity index (χ1) is 19.7. The zero-order valence-corrected chi connectivity index (χ0v) is 23.9. The quantitative estimate of drug-likeness (QED) is 0.258. The topological polar surface area (TPSA) is 74.3 Å². The fourth-order valence-electron chi connectivity index (χ4n) is 5.69. The van der Waals surface area contributed by atoms with Gasteiger partial charge in [-0.1, -0.05) is 54.6 Å². The molecule has 0 aliphatic carbocycles. The third kappa shape index (κ3) is 5.23.